The normalized spacial score (nSPS) is 32.4. The highest BCUT2D eigenvalue weighted by Crippen LogP contribution is 2.32. The highest BCUT2D eigenvalue weighted by Gasteiger charge is 2.27. The van der Waals surface area contributed by atoms with Gasteiger partial charge >= 0.3 is 0 Å². The first-order valence-electron chi connectivity index (χ1n) is 4.71. The lowest BCUT2D eigenvalue weighted by Crippen LogP contribution is -2.23. The Morgan fingerprint density at radius 3 is 2.92 bits per heavy atom. The van der Waals surface area contributed by atoms with Crippen molar-refractivity contribution in [3.63, 3.8) is 0 Å². The molecule has 0 radical (unpaired) electrons. The predicted octanol–water partition coefficient (Wildman–Crippen LogP) is 3.07. The molecular weight excluding hydrogens is 153 g/mol. The third kappa shape index (κ3) is 2.48. The Kier molecular flexibility index (Phi) is 3.52. The van der Waals surface area contributed by atoms with Gasteiger partial charge in [0.15, 0.2) is 0 Å². The minimum absolute atomic E-state index is 0.227. The molecule has 0 spiro atoms. The van der Waals surface area contributed by atoms with Gasteiger partial charge in [0, 0.05) is 5.92 Å². The Morgan fingerprint density at radius 1 is 1.58 bits per heavy atom. The quantitative estimate of drug-likeness (QED) is 0.559. The lowest BCUT2D eigenvalue weighted by molar-refractivity contribution is 0.167. The predicted molar refractivity (Wildman–Crippen MR) is 47.5 cm³/mol. The molecule has 1 saturated carbocycles. The Hall–Kier alpha value is -0.580. The van der Waals surface area contributed by atoms with E-state index in [-0.39, 0.29) is 5.92 Å². The summed E-state index contributed by atoms with van der Waals surface area (Å²) in [5.74, 6) is 0.699. The number of hydrogen-bond donors (Lipinski definition) is 0. The van der Waals surface area contributed by atoms with Crippen LogP contribution in [-0.2, 0) is 0 Å². The molecule has 0 heterocycles. The minimum atomic E-state index is -0.682. The van der Waals surface area contributed by atoms with E-state index in [2.05, 4.69) is 4.85 Å². The smallest absolute Gasteiger partial charge is 0.217 e. The molecule has 3 atom stereocenters. The van der Waals surface area contributed by atoms with Gasteiger partial charge in [0.25, 0.3) is 0 Å². The van der Waals surface area contributed by atoms with Crippen LogP contribution in [0.1, 0.15) is 32.6 Å². The van der Waals surface area contributed by atoms with Crippen molar-refractivity contribution in [2.24, 2.45) is 11.8 Å². The van der Waals surface area contributed by atoms with Crippen molar-refractivity contribution in [2.45, 2.75) is 38.8 Å². The van der Waals surface area contributed by atoms with Crippen molar-refractivity contribution in [2.75, 3.05) is 6.54 Å². The average molecular weight is 169 g/mol. The number of nitrogens with zero attached hydrogens (tertiary/aromatic N) is 1. The Balaban J connectivity index is 2.36. The Labute approximate surface area is 73.8 Å². The molecule has 0 aliphatic heterocycles. The fourth-order valence-corrected chi connectivity index (χ4v) is 2.04. The van der Waals surface area contributed by atoms with Crippen LogP contribution >= 0.6 is 0 Å². The summed E-state index contributed by atoms with van der Waals surface area (Å²) in [6.45, 7) is 8.99. The maximum absolute atomic E-state index is 12.9. The van der Waals surface area contributed by atoms with E-state index in [4.69, 9.17) is 6.57 Å². The summed E-state index contributed by atoms with van der Waals surface area (Å²) in [5, 5.41) is 0. The molecule has 0 aromatic rings. The molecule has 1 fully saturated rings. The molecule has 68 valence electrons. The zero-order valence-corrected chi connectivity index (χ0v) is 7.59. The second kappa shape index (κ2) is 4.45. The van der Waals surface area contributed by atoms with Crippen LogP contribution in [-0.4, -0.2) is 12.7 Å². The van der Waals surface area contributed by atoms with Gasteiger partial charge in [-0.25, -0.2) is 11.0 Å². The Bertz CT molecular complexity index is 171. The molecule has 0 amide bonds. The van der Waals surface area contributed by atoms with Crippen LogP contribution in [0.4, 0.5) is 4.39 Å². The molecule has 0 aromatic carbocycles. The van der Waals surface area contributed by atoms with Crippen LogP contribution in [0.25, 0.3) is 4.85 Å². The summed E-state index contributed by atoms with van der Waals surface area (Å²) in [6, 6.07) is 0. The summed E-state index contributed by atoms with van der Waals surface area (Å²) in [7, 11) is 0. The average Bonchev–Trinajstić information content (AvgIpc) is 2.05. The fraction of sp³-hybridized carbons (Fsp3) is 0.900. The van der Waals surface area contributed by atoms with Crippen LogP contribution in [0.15, 0.2) is 0 Å². The van der Waals surface area contributed by atoms with Crippen LogP contribution in [0, 0.1) is 18.4 Å². The van der Waals surface area contributed by atoms with Gasteiger partial charge in [-0.15, -0.1) is 0 Å². The highest BCUT2D eigenvalue weighted by molar-refractivity contribution is 4.80. The largest absolute Gasteiger partial charge is 0.317 e. The molecule has 3 unspecified atom stereocenters. The number of hydrogen-bond acceptors (Lipinski definition) is 0. The van der Waals surface area contributed by atoms with Crippen LogP contribution in [0.3, 0.4) is 0 Å². The third-order valence-electron chi connectivity index (χ3n) is 2.82. The lowest BCUT2D eigenvalue weighted by Gasteiger charge is -2.27. The van der Waals surface area contributed by atoms with Crippen molar-refractivity contribution >= 4 is 0 Å². The molecule has 1 aliphatic rings. The van der Waals surface area contributed by atoms with Gasteiger partial charge in [-0.3, -0.25) is 0 Å². The van der Waals surface area contributed by atoms with Gasteiger partial charge in [-0.05, 0) is 32.1 Å². The monoisotopic (exact) mass is 169 g/mol. The van der Waals surface area contributed by atoms with E-state index in [0.29, 0.717) is 12.5 Å². The lowest BCUT2D eigenvalue weighted by atomic mass is 9.79. The highest BCUT2D eigenvalue weighted by atomic mass is 19.1. The van der Waals surface area contributed by atoms with Gasteiger partial charge in [-0.2, -0.15) is 0 Å². The van der Waals surface area contributed by atoms with Crippen molar-refractivity contribution < 1.29 is 4.39 Å². The molecular formula is C10H16FN. The van der Waals surface area contributed by atoms with Crippen molar-refractivity contribution in [3.05, 3.63) is 11.4 Å². The summed E-state index contributed by atoms with van der Waals surface area (Å²) in [5.41, 5.74) is 0. The number of alkyl halides is 1. The van der Waals surface area contributed by atoms with Crippen LogP contribution in [0.2, 0.25) is 0 Å². The molecule has 2 heteroatoms. The van der Waals surface area contributed by atoms with Gasteiger partial charge in [0.1, 0.15) is 6.17 Å². The van der Waals surface area contributed by atoms with Crippen LogP contribution < -0.4 is 0 Å². The van der Waals surface area contributed by atoms with Crippen molar-refractivity contribution in [1.29, 1.82) is 0 Å². The Morgan fingerprint density at radius 2 is 2.33 bits per heavy atom. The maximum Gasteiger partial charge on any atom is 0.217 e. The second-order valence-corrected chi connectivity index (χ2v) is 3.81. The first kappa shape index (κ1) is 9.51. The van der Waals surface area contributed by atoms with Crippen LogP contribution in [0.5, 0.6) is 0 Å². The van der Waals surface area contributed by atoms with E-state index in [1.165, 1.54) is 0 Å². The van der Waals surface area contributed by atoms with Crippen molar-refractivity contribution in [3.8, 4) is 0 Å². The van der Waals surface area contributed by atoms with Gasteiger partial charge in [0.2, 0.25) is 6.54 Å². The summed E-state index contributed by atoms with van der Waals surface area (Å²) in [4.78, 5) is 3.38. The molecule has 0 N–H and O–H groups in total. The van der Waals surface area contributed by atoms with E-state index in [9.17, 15) is 4.39 Å². The molecule has 0 aromatic heterocycles. The molecule has 1 aliphatic carbocycles. The summed E-state index contributed by atoms with van der Waals surface area (Å²) < 4.78 is 12.9. The standard InChI is InChI=1S/C10H16FN/c1-8(11)10-5-3-4-9(6-10)7-12-2/h8-10H,3-7H2,1H3. The zero-order valence-electron chi connectivity index (χ0n) is 7.59. The SMILES string of the molecule is [C-]#[N+]CC1CCCC(C(C)F)C1. The molecule has 1 rings (SSSR count). The van der Waals surface area contributed by atoms with E-state index >= 15 is 0 Å². The fourth-order valence-electron chi connectivity index (χ4n) is 2.04. The van der Waals surface area contributed by atoms with E-state index < -0.39 is 6.17 Å². The third-order valence-corrected chi connectivity index (χ3v) is 2.82. The first-order valence-corrected chi connectivity index (χ1v) is 4.71. The van der Waals surface area contributed by atoms with E-state index in [1.54, 1.807) is 6.92 Å². The summed E-state index contributed by atoms with van der Waals surface area (Å²) in [6.07, 6.45) is 3.51. The second-order valence-electron chi connectivity index (χ2n) is 3.81. The molecule has 0 bridgehead atoms. The molecule has 12 heavy (non-hydrogen) atoms. The van der Waals surface area contributed by atoms with Crippen molar-refractivity contribution in [1.82, 2.24) is 0 Å². The topological polar surface area (TPSA) is 4.36 Å². The molecule has 0 saturated heterocycles. The number of rotatable bonds is 2. The minimum Gasteiger partial charge on any atom is -0.317 e. The molecule has 1 nitrogen and oxygen atoms in total. The van der Waals surface area contributed by atoms with Gasteiger partial charge in [-0.1, -0.05) is 6.42 Å². The van der Waals surface area contributed by atoms with E-state index in [1.807, 2.05) is 0 Å². The van der Waals surface area contributed by atoms with E-state index in [0.717, 1.165) is 25.7 Å². The number of halogens is 1. The zero-order chi connectivity index (χ0) is 8.97. The summed E-state index contributed by atoms with van der Waals surface area (Å²) >= 11 is 0. The maximum atomic E-state index is 12.9. The van der Waals surface area contributed by atoms with Gasteiger partial charge in [0.05, 0.1) is 0 Å². The first-order chi connectivity index (χ1) is 5.74. The van der Waals surface area contributed by atoms with Gasteiger partial charge < -0.3 is 4.85 Å².